The van der Waals surface area contributed by atoms with Crippen LogP contribution >= 0.6 is 21.6 Å². The molecule has 0 aliphatic carbocycles. The molecule has 8 heavy (non-hydrogen) atoms. The average molecular weight is 148 g/mol. The van der Waals surface area contributed by atoms with Gasteiger partial charge in [0.05, 0.1) is 0 Å². The summed E-state index contributed by atoms with van der Waals surface area (Å²) in [5.74, 6) is 1.38. The SMILES string of the molecule is CCC[C@@H]1CCSS1. The Labute approximate surface area is 59.2 Å². The van der Waals surface area contributed by atoms with Gasteiger partial charge in [0, 0.05) is 11.0 Å². The first-order valence-electron chi connectivity index (χ1n) is 3.21. The van der Waals surface area contributed by atoms with E-state index in [0.29, 0.717) is 0 Å². The van der Waals surface area contributed by atoms with Crippen LogP contribution in [0, 0.1) is 0 Å². The van der Waals surface area contributed by atoms with Crippen molar-refractivity contribution in [1.82, 2.24) is 0 Å². The topological polar surface area (TPSA) is 0 Å². The fourth-order valence-corrected chi connectivity index (χ4v) is 3.98. The first-order chi connectivity index (χ1) is 3.93. The lowest BCUT2D eigenvalue weighted by Gasteiger charge is -2.01. The molecule has 0 nitrogen and oxygen atoms in total. The van der Waals surface area contributed by atoms with Crippen LogP contribution in [0.15, 0.2) is 0 Å². The van der Waals surface area contributed by atoms with E-state index < -0.39 is 0 Å². The summed E-state index contributed by atoms with van der Waals surface area (Å²) in [5.41, 5.74) is 0. The monoisotopic (exact) mass is 148 g/mol. The van der Waals surface area contributed by atoms with Crippen LogP contribution in [0.25, 0.3) is 0 Å². The summed E-state index contributed by atoms with van der Waals surface area (Å²) < 4.78 is 0. The summed E-state index contributed by atoms with van der Waals surface area (Å²) in [6, 6.07) is 0. The van der Waals surface area contributed by atoms with E-state index in [1.165, 1.54) is 25.0 Å². The maximum absolute atomic E-state index is 2.27. The van der Waals surface area contributed by atoms with Crippen LogP contribution < -0.4 is 0 Å². The smallest absolute Gasteiger partial charge is 0.0159 e. The van der Waals surface area contributed by atoms with Crippen LogP contribution in [-0.2, 0) is 0 Å². The fourth-order valence-electron chi connectivity index (χ4n) is 0.886. The van der Waals surface area contributed by atoms with Gasteiger partial charge in [-0.25, -0.2) is 0 Å². The first kappa shape index (κ1) is 6.81. The van der Waals surface area contributed by atoms with Crippen molar-refractivity contribution < 1.29 is 0 Å². The highest BCUT2D eigenvalue weighted by molar-refractivity contribution is 8.77. The fraction of sp³-hybridized carbons (Fsp3) is 1.00. The maximum Gasteiger partial charge on any atom is 0.0159 e. The zero-order chi connectivity index (χ0) is 5.82. The lowest BCUT2D eigenvalue weighted by Crippen LogP contribution is -1.94. The van der Waals surface area contributed by atoms with E-state index in [4.69, 9.17) is 0 Å². The van der Waals surface area contributed by atoms with E-state index in [1.807, 2.05) is 10.8 Å². The number of hydrogen-bond donors (Lipinski definition) is 0. The van der Waals surface area contributed by atoms with Gasteiger partial charge in [0.1, 0.15) is 0 Å². The number of rotatable bonds is 2. The van der Waals surface area contributed by atoms with E-state index in [1.54, 1.807) is 0 Å². The standard InChI is InChI=1S/C6H12S2/c1-2-3-6-4-5-7-8-6/h6H,2-5H2,1H3/t6-/m1/s1. The van der Waals surface area contributed by atoms with Gasteiger partial charge in [-0.05, 0) is 12.8 Å². The molecule has 0 amide bonds. The molecular weight excluding hydrogens is 136 g/mol. The van der Waals surface area contributed by atoms with Crippen molar-refractivity contribution in [2.24, 2.45) is 0 Å². The first-order valence-corrected chi connectivity index (χ1v) is 5.60. The highest BCUT2D eigenvalue weighted by Crippen LogP contribution is 2.39. The molecule has 0 saturated carbocycles. The van der Waals surface area contributed by atoms with Gasteiger partial charge >= 0.3 is 0 Å². The summed E-state index contributed by atoms with van der Waals surface area (Å²) in [5, 5.41) is 0.991. The van der Waals surface area contributed by atoms with Crippen LogP contribution in [0.1, 0.15) is 26.2 Å². The van der Waals surface area contributed by atoms with E-state index in [-0.39, 0.29) is 0 Å². The molecule has 1 atom stereocenters. The third-order valence-corrected chi connectivity index (χ3v) is 4.34. The molecule has 1 heterocycles. The number of hydrogen-bond acceptors (Lipinski definition) is 2. The summed E-state index contributed by atoms with van der Waals surface area (Å²) in [4.78, 5) is 0. The van der Waals surface area contributed by atoms with E-state index in [2.05, 4.69) is 17.7 Å². The Balaban J connectivity index is 2.06. The summed E-state index contributed by atoms with van der Waals surface area (Å²) in [6.45, 7) is 2.27. The van der Waals surface area contributed by atoms with Crippen LogP contribution in [0.5, 0.6) is 0 Å². The van der Waals surface area contributed by atoms with Gasteiger partial charge in [-0.1, -0.05) is 34.9 Å². The minimum absolute atomic E-state index is 0.991. The van der Waals surface area contributed by atoms with Gasteiger partial charge in [0.25, 0.3) is 0 Å². The molecule has 0 radical (unpaired) electrons. The van der Waals surface area contributed by atoms with Crippen molar-refractivity contribution in [2.45, 2.75) is 31.4 Å². The molecule has 1 fully saturated rings. The van der Waals surface area contributed by atoms with E-state index in [9.17, 15) is 0 Å². The molecule has 48 valence electrons. The van der Waals surface area contributed by atoms with Gasteiger partial charge < -0.3 is 0 Å². The zero-order valence-corrected chi connectivity index (χ0v) is 6.86. The second kappa shape index (κ2) is 3.67. The quantitative estimate of drug-likeness (QED) is 0.552. The minimum Gasteiger partial charge on any atom is -0.0938 e. The van der Waals surface area contributed by atoms with Crippen molar-refractivity contribution in [1.29, 1.82) is 0 Å². The second-order valence-electron chi connectivity index (χ2n) is 2.12. The molecule has 1 saturated heterocycles. The highest BCUT2D eigenvalue weighted by Gasteiger charge is 2.14. The molecule has 0 aromatic carbocycles. The lowest BCUT2D eigenvalue weighted by atomic mass is 10.2. The summed E-state index contributed by atoms with van der Waals surface area (Å²) in [7, 11) is 4.12. The van der Waals surface area contributed by atoms with Gasteiger partial charge in [-0.15, -0.1) is 0 Å². The lowest BCUT2D eigenvalue weighted by molar-refractivity contribution is 0.732. The maximum atomic E-state index is 2.27. The molecule has 0 unspecified atom stereocenters. The Morgan fingerprint density at radius 2 is 2.50 bits per heavy atom. The Kier molecular flexibility index (Phi) is 3.13. The highest BCUT2D eigenvalue weighted by atomic mass is 33.1. The molecular formula is C6H12S2. The van der Waals surface area contributed by atoms with Crippen molar-refractivity contribution in [3.63, 3.8) is 0 Å². The van der Waals surface area contributed by atoms with Crippen LogP contribution in [-0.4, -0.2) is 11.0 Å². The molecule has 2 heteroatoms. The Bertz CT molecular complexity index is 57.5. The van der Waals surface area contributed by atoms with Crippen molar-refractivity contribution in [2.75, 3.05) is 5.75 Å². The largest absolute Gasteiger partial charge is 0.0938 e. The van der Waals surface area contributed by atoms with Crippen molar-refractivity contribution in [3.05, 3.63) is 0 Å². The van der Waals surface area contributed by atoms with E-state index >= 15 is 0 Å². The van der Waals surface area contributed by atoms with E-state index in [0.717, 1.165) is 5.25 Å². The molecule has 0 N–H and O–H groups in total. The molecule has 1 aliphatic rings. The molecule has 1 aliphatic heterocycles. The predicted octanol–water partition coefficient (Wildman–Crippen LogP) is 2.94. The Morgan fingerprint density at radius 3 is 3.00 bits per heavy atom. The third-order valence-electron chi connectivity index (χ3n) is 1.34. The minimum atomic E-state index is 0.991. The van der Waals surface area contributed by atoms with Crippen molar-refractivity contribution >= 4 is 21.6 Å². The molecule has 0 aromatic heterocycles. The van der Waals surface area contributed by atoms with Crippen LogP contribution in [0.2, 0.25) is 0 Å². The second-order valence-corrected chi connectivity index (χ2v) is 4.91. The molecule has 0 spiro atoms. The molecule has 0 aromatic rings. The van der Waals surface area contributed by atoms with Crippen LogP contribution in [0.4, 0.5) is 0 Å². The van der Waals surface area contributed by atoms with Crippen LogP contribution in [0.3, 0.4) is 0 Å². The van der Waals surface area contributed by atoms with Gasteiger partial charge in [0.15, 0.2) is 0 Å². The Morgan fingerprint density at radius 1 is 1.62 bits per heavy atom. The van der Waals surface area contributed by atoms with Gasteiger partial charge in [-0.2, -0.15) is 0 Å². The Hall–Kier alpha value is 0.700. The van der Waals surface area contributed by atoms with Crippen molar-refractivity contribution in [3.8, 4) is 0 Å². The third kappa shape index (κ3) is 1.90. The summed E-state index contributed by atoms with van der Waals surface area (Å²) in [6.07, 6.45) is 4.24. The van der Waals surface area contributed by atoms with Gasteiger partial charge in [0.2, 0.25) is 0 Å². The molecule has 1 rings (SSSR count). The van der Waals surface area contributed by atoms with Gasteiger partial charge in [-0.3, -0.25) is 0 Å². The normalized spacial score (nSPS) is 28.9. The average Bonchev–Trinajstić information content (AvgIpc) is 2.19. The summed E-state index contributed by atoms with van der Waals surface area (Å²) >= 11 is 0. The zero-order valence-electron chi connectivity index (χ0n) is 5.22. The molecule has 0 bridgehead atoms. The predicted molar refractivity (Wildman–Crippen MR) is 43.4 cm³/mol.